The van der Waals surface area contributed by atoms with E-state index in [1.165, 1.54) is 0 Å². The molecule has 1 heterocycles. The number of amides is 1. The van der Waals surface area contributed by atoms with Gasteiger partial charge in [-0.15, -0.1) is 0 Å². The highest BCUT2D eigenvalue weighted by molar-refractivity contribution is 5.79. The van der Waals surface area contributed by atoms with Crippen molar-refractivity contribution in [2.75, 3.05) is 14.2 Å². The van der Waals surface area contributed by atoms with Gasteiger partial charge in [-0.25, -0.2) is 0 Å². The van der Waals surface area contributed by atoms with Gasteiger partial charge in [0.1, 0.15) is 11.5 Å². The van der Waals surface area contributed by atoms with Gasteiger partial charge in [0.15, 0.2) is 0 Å². The minimum absolute atomic E-state index is 0.0712. The third-order valence-corrected chi connectivity index (χ3v) is 3.85. The molecule has 5 heteroatoms. The lowest BCUT2D eigenvalue weighted by molar-refractivity contribution is -0.121. The first kappa shape index (κ1) is 17.8. The van der Waals surface area contributed by atoms with Gasteiger partial charge in [0.25, 0.3) is 0 Å². The molecule has 24 heavy (non-hydrogen) atoms. The molecule has 1 atom stereocenters. The van der Waals surface area contributed by atoms with Gasteiger partial charge in [0.2, 0.25) is 5.91 Å². The van der Waals surface area contributed by atoms with Crippen molar-refractivity contribution in [3.05, 3.63) is 53.9 Å². The molecule has 1 aromatic heterocycles. The van der Waals surface area contributed by atoms with Crippen molar-refractivity contribution in [3.8, 4) is 11.5 Å². The van der Waals surface area contributed by atoms with E-state index in [-0.39, 0.29) is 24.3 Å². The molecule has 1 amide bonds. The minimum atomic E-state index is -0.0819. The van der Waals surface area contributed by atoms with Crippen LogP contribution in [0.1, 0.15) is 31.1 Å². The number of carbonyl (C=O) groups is 1. The Labute approximate surface area is 143 Å². The summed E-state index contributed by atoms with van der Waals surface area (Å²) in [6.45, 7) is 4.16. The van der Waals surface area contributed by atoms with Crippen molar-refractivity contribution in [1.82, 2.24) is 10.3 Å². The van der Waals surface area contributed by atoms with Crippen molar-refractivity contribution in [1.29, 1.82) is 0 Å². The Balaban J connectivity index is 2.10. The Kier molecular flexibility index (Phi) is 6.18. The maximum atomic E-state index is 12.5. The Morgan fingerprint density at radius 3 is 2.42 bits per heavy atom. The molecule has 0 saturated heterocycles. The van der Waals surface area contributed by atoms with E-state index in [0.29, 0.717) is 11.4 Å². The second-order valence-electron chi connectivity index (χ2n) is 5.89. The third-order valence-electron chi connectivity index (χ3n) is 3.85. The monoisotopic (exact) mass is 328 g/mol. The lowest BCUT2D eigenvalue weighted by Crippen LogP contribution is -2.33. The van der Waals surface area contributed by atoms with Crippen LogP contribution in [0.25, 0.3) is 0 Å². The van der Waals surface area contributed by atoms with E-state index >= 15 is 0 Å². The molecular weight excluding hydrogens is 304 g/mol. The van der Waals surface area contributed by atoms with E-state index in [9.17, 15) is 4.79 Å². The summed E-state index contributed by atoms with van der Waals surface area (Å²) in [7, 11) is 3.21. The van der Waals surface area contributed by atoms with E-state index in [1.807, 2.05) is 24.3 Å². The number of hydrogen-bond acceptors (Lipinski definition) is 4. The van der Waals surface area contributed by atoms with Crippen LogP contribution in [0.5, 0.6) is 11.5 Å². The quantitative estimate of drug-likeness (QED) is 0.848. The Hall–Kier alpha value is -2.56. The third kappa shape index (κ3) is 4.47. The fourth-order valence-corrected chi connectivity index (χ4v) is 2.56. The zero-order valence-corrected chi connectivity index (χ0v) is 14.6. The maximum Gasteiger partial charge on any atom is 0.226 e. The predicted molar refractivity (Wildman–Crippen MR) is 93.2 cm³/mol. The summed E-state index contributed by atoms with van der Waals surface area (Å²) in [5.74, 6) is 1.60. The first-order valence-corrected chi connectivity index (χ1v) is 7.96. The van der Waals surface area contributed by atoms with Gasteiger partial charge in [-0.05, 0) is 35.7 Å². The molecule has 0 spiro atoms. The molecule has 2 aromatic rings. The summed E-state index contributed by atoms with van der Waals surface area (Å²) in [5.41, 5.74) is 1.68. The van der Waals surface area contributed by atoms with E-state index in [2.05, 4.69) is 24.1 Å². The van der Waals surface area contributed by atoms with Crippen LogP contribution in [0.3, 0.4) is 0 Å². The summed E-state index contributed by atoms with van der Waals surface area (Å²) >= 11 is 0. The second-order valence-corrected chi connectivity index (χ2v) is 5.89. The lowest BCUT2D eigenvalue weighted by atomic mass is 9.95. The van der Waals surface area contributed by atoms with Gasteiger partial charge >= 0.3 is 0 Å². The number of rotatable bonds is 7. The van der Waals surface area contributed by atoms with Gasteiger partial charge in [0.05, 0.1) is 32.4 Å². The summed E-state index contributed by atoms with van der Waals surface area (Å²) in [6, 6.07) is 11.3. The first-order valence-electron chi connectivity index (χ1n) is 7.96. The van der Waals surface area contributed by atoms with Crippen LogP contribution in [0.15, 0.2) is 42.6 Å². The van der Waals surface area contributed by atoms with Crippen LogP contribution >= 0.6 is 0 Å². The van der Waals surface area contributed by atoms with Crippen LogP contribution in [0.2, 0.25) is 0 Å². The smallest absolute Gasteiger partial charge is 0.226 e. The number of nitrogens with zero attached hydrogens (tertiary/aromatic N) is 1. The van der Waals surface area contributed by atoms with Crippen molar-refractivity contribution in [3.63, 3.8) is 0 Å². The number of aromatic nitrogens is 1. The summed E-state index contributed by atoms with van der Waals surface area (Å²) < 4.78 is 10.4. The van der Waals surface area contributed by atoms with E-state index in [0.717, 1.165) is 11.3 Å². The molecule has 128 valence electrons. The van der Waals surface area contributed by atoms with Crippen LogP contribution in [0, 0.1) is 5.92 Å². The molecule has 1 aromatic carbocycles. The van der Waals surface area contributed by atoms with Gasteiger partial charge in [-0.1, -0.05) is 26.0 Å². The Bertz CT molecular complexity index is 669. The highest BCUT2D eigenvalue weighted by Gasteiger charge is 2.19. The first-order chi connectivity index (χ1) is 11.5. The molecule has 0 fully saturated rings. The molecule has 0 unspecified atom stereocenters. The number of hydrogen-bond donors (Lipinski definition) is 1. The maximum absolute atomic E-state index is 12.5. The molecule has 0 aliphatic heterocycles. The van der Waals surface area contributed by atoms with Crippen LogP contribution in [-0.2, 0) is 11.2 Å². The largest absolute Gasteiger partial charge is 0.497 e. The summed E-state index contributed by atoms with van der Waals surface area (Å²) in [4.78, 5) is 16.7. The zero-order chi connectivity index (χ0) is 17.5. The second kappa shape index (κ2) is 8.34. The molecule has 1 N–H and O–H groups in total. The van der Waals surface area contributed by atoms with Gasteiger partial charge in [-0.2, -0.15) is 0 Å². The molecule has 0 bridgehead atoms. The van der Waals surface area contributed by atoms with Crippen LogP contribution in [0.4, 0.5) is 0 Å². The molecule has 5 nitrogen and oxygen atoms in total. The highest BCUT2D eigenvalue weighted by Crippen LogP contribution is 2.24. The topological polar surface area (TPSA) is 60.5 Å². The van der Waals surface area contributed by atoms with E-state index in [1.54, 1.807) is 32.5 Å². The normalized spacial score (nSPS) is 11.9. The molecular formula is C19H24N2O3. The molecule has 0 aliphatic rings. The molecule has 0 saturated carbocycles. The van der Waals surface area contributed by atoms with E-state index in [4.69, 9.17) is 9.47 Å². The van der Waals surface area contributed by atoms with Crippen molar-refractivity contribution < 1.29 is 14.3 Å². The highest BCUT2D eigenvalue weighted by atomic mass is 16.5. The summed E-state index contributed by atoms with van der Waals surface area (Å²) in [5, 5.41) is 3.09. The minimum Gasteiger partial charge on any atom is -0.497 e. The SMILES string of the molecule is COc1ccc([C@H](NC(=O)Cc2ncccc2OC)C(C)C)cc1. The fraction of sp³-hybridized carbons (Fsp3) is 0.368. The number of methoxy groups -OCH3 is 2. The molecule has 2 rings (SSSR count). The predicted octanol–water partition coefficient (Wildman–Crippen LogP) is 3.15. The fourth-order valence-electron chi connectivity index (χ4n) is 2.56. The van der Waals surface area contributed by atoms with E-state index < -0.39 is 0 Å². The number of carbonyl (C=O) groups excluding carboxylic acids is 1. The van der Waals surface area contributed by atoms with Crippen LogP contribution in [-0.4, -0.2) is 25.1 Å². The molecule has 0 aliphatic carbocycles. The average Bonchev–Trinajstić information content (AvgIpc) is 2.60. The standard InChI is InChI=1S/C19H24N2O3/c1-13(2)19(14-7-9-15(23-3)10-8-14)21-18(22)12-16-17(24-4)6-5-11-20-16/h5-11,13,19H,12H2,1-4H3,(H,21,22)/t19-/m1/s1. The molecule has 0 radical (unpaired) electrons. The number of benzene rings is 1. The van der Waals surface area contributed by atoms with Crippen molar-refractivity contribution in [2.24, 2.45) is 5.92 Å². The van der Waals surface area contributed by atoms with Gasteiger partial charge < -0.3 is 14.8 Å². The van der Waals surface area contributed by atoms with Crippen molar-refractivity contribution in [2.45, 2.75) is 26.3 Å². The Morgan fingerprint density at radius 1 is 1.12 bits per heavy atom. The van der Waals surface area contributed by atoms with Gasteiger partial charge in [0, 0.05) is 6.20 Å². The Morgan fingerprint density at radius 2 is 1.83 bits per heavy atom. The zero-order valence-electron chi connectivity index (χ0n) is 14.6. The average molecular weight is 328 g/mol. The lowest BCUT2D eigenvalue weighted by Gasteiger charge is -2.23. The number of pyridine rings is 1. The summed E-state index contributed by atoms with van der Waals surface area (Å²) in [6.07, 6.45) is 1.85. The van der Waals surface area contributed by atoms with Crippen LogP contribution < -0.4 is 14.8 Å². The van der Waals surface area contributed by atoms with Gasteiger partial charge in [-0.3, -0.25) is 9.78 Å². The van der Waals surface area contributed by atoms with Crippen molar-refractivity contribution >= 4 is 5.91 Å². The number of ether oxygens (including phenoxy) is 2. The number of nitrogens with one attached hydrogen (secondary N) is 1.